The number of urea groups is 1. The van der Waals surface area contributed by atoms with Crippen molar-refractivity contribution in [3.05, 3.63) is 41.2 Å². The number of benzene rings is 1. The van der Waals surface area contributed by atoms with E-state index < -0.39 is 5.67 Å². The fourth-order valence-electron chi connectivity index (χ4n) is 3.00. The van der Waals surface area contributed by atoms with Gasteiger partial charge in [0.05, 0.1) is 12.1 Å². The van der Waals surface area contributed by atoms with Gasteiger partial charge in [0.1, 0.15) is 5.67 Å². The molecule has 5 heteroatoms. The van der Waals surface area contributed by atoms with Crippen molar-refractivity contribution in [2.45, 2.75) is 37.0 Å². The third-order valence-electron chi connectivity index (χ3n) is 3.84. The van der Waals surface area contributed by atoms with Crippen LogP contribution in [0.1, 0.15) is 24.8 Å². The van der Waals surface area contributed by atoms with Gasteiger partial charge in [-0.3, -0.25) is 0 Å². The maximum atomic E-state index is 13.3. The van der Waals surface area contributed by atoms with Crippen LogP contribution in [0.3, 0.4) is 0 Å². The van der Waals surface area contributed by atoms with E-state index in [-0.39, 0.29) is 11.6 Å². The molecule has 3 fully saturated rings. The largest absolute Gasteiger partial charge is 0.334 e. The van der Waals surface area contributed by atoms with Gasteiger partial charge < -0.3 is 10.6 Å². The molecule has 0 atom stereocenters. The van der Waals surface area contributed by atoms with Gasteiger partial charge in [-0.15, -0.1) is 0 Å². The van der Waals surface area contributed by atoms with Crippen LogP contribution in [0.25, 0.3) is 4.85 Å². The molecule has 2 bridgehead atoms. The van der Waals surface area contributed by atoms with Gasteiger partial charge in [0.15, 0.2) is 5.69 Å². The minimum atomic E-state index is -1.00. The summed E-state index contributed by atoms with van der Waals surface area (Å²) in [6.45, 7) is 7.29. The van der Waals surface area contributed by atoms with Crippen molar-refractivity contribution in [2.24, 2.45) is 0 Å². The zero-order valence-corrected chi connectivity index (χ0v) is 10.4. The molecule has 0 heterocycles. The number of nitrogens with one attached hydrogen (secondary N) is 2. The predicted molar refractivity (Wildman–Crippen MR) is 68.5 cm³/mol. The molecular weight excluding hydrogens is 245 g/mol. The van der Waals surface area contributed by atoms with Crippen LogP contribution in [0, 0.1) is 6.57 Å². The second-order valence-electron chi connectivity index (χ2n) is 5.55. The third kappa shape index (κ3) is 2.14. The van der Waals surface area contributed by atoms with Crippen LogP contribution in [0.4, 0.5) is 14.9 Å². The number of hydrogen-bond donors (Lipinski definition) is 2. The van der Waals surface area contributed by atoms with Crippen LogP contribution >= 0.6 is 0 Å². The Morgan fingerprint density at radius 3 is 2.79 bits per heavy atom. The topological polar surface area (TPSA) is 45.5 Å². The average Bonchev–Trinajstić information content (AvgIpc) is 2.33. The quantitative estimate of drug-likeness (QED) is 0.805. The van der Waals surface area contributed by atoms with E-state index in [2.05, 4.69) is 15.5 Å². The Balaban J connectivity index is 1.49. The summed E-state index contributed by atoms with van der Waals surface area (Å²) in [7, 11) is 0. The number of halogens is 1. The summed E-state index contributed by atoms with van der Waals surface area (Å²) in [5.74, 6) is 0. The fraction of sp³-hybridized carbons (Fsp3) is 0.429. The number of amides is 2. The van der Waals surface area contributed by atoms with Gasteiger partial charge in [0, 0.05) is 25.8 Å². The molecule has 0 radical (unpaired) electrons. The molecule has 2 amide bonds. The summed E-state index contributed by atoms with van der Waals surface area (Å²) in [5.41, 5.74) is 0.135. The molecule has 4 nitrogen and oxygen atoms in total. The van der Waals surface area contributed by atoms with Crippen LogP contribution in [0.15, 0.2) is 24.3 Å². The maximum Gasteiger partial charge on any atom is 0.315 e. The number of carbonyl (C=O) groups is 1. The van der Waals surface area contributed by atoms with Crippen molar-refractivity contribution < 1.29 is 9.18 Å². The van der Waals surface area contributed by atoms with Gasteiger partial charge in [-0.1, -0.05) is 24.3 Å². The fourth-order valence-corrected chi connectivity index (χ4v) is 3.00. The van der Waals surface area contributed by atoms with E-state index in [9.17, 15) is 9.18 Å². The molecule has 3 aliphatic carbocycles. The molecule has 0 aromatic heterocycles. The van der Waals surface area contributed by atoms with E-state index in [1.54, 1.807) is 18.2 Å². The summed E-state index contributed by atoms with van der Waals surface area (Å²) in [4.78, 5) is 15.0. The number of carbonyl (C=O) groups excluding carboxylic acids is 1. The van der Waals surface area contributed by atoms with Gasteiger partial charge in [0.25, 0.3) is 0 Å². The summed E-state index contributed by atoms with van der Waals surface area (Å²) < 4.78 is 13.3. The summed E-state index contributed by atoms with van der Waals surface area (Å²) in [6, 6.07) is 6.84. The van der Waals surface area contributed by atoms with Crippen LogP contribution in [-0.4, -0.2) is 17.2 Å². The first-order valence-corrected chi connectivity index (χ1v) is 6.24. The lowest BCUT2D eigenvalue weighted by Gasteiger charge is -2.65. The summed E-state index contributed by atoms with van der Waals surface area (Å²) >= 11 is 0. The second kappa shape index (κ2) is 3.95. The Kier molecular flexibility index (Phi) is 2.49. The minimum Gasteiger partial charge on any atom is -0.334 e. The van der Waals surface area contributed by atoms with Crippen LogP contribution in [-0.2, 0) is 6.54 Å². The lowest BCUT2D eigenvalue weighted by molar-refractivity contribution is -0.162. The number of alkyl halides is 1. The standard InChI is InChI=1S/C14H14FN3O/c1-16-11-4-2-3-10(5-11)6-17-12(19)18-14-7-13(15,8-14)9-14/h2-5H,6-9H2,(H2,17,18,19). The normalized spacial score (nSPS) is 30.5. The Hall–Kier alpha value is -2.09. The second-order valence-corrected chi connectivity index (χ2v) is 5.55. The van der Waals surface area contributed by atoms with Crippen molar-refractivity contribution in [1.29, 1.82) is 0 Å². The van der Waals surface area contributed by atoms with Crippen LogP contribution < -0.4 is 10.6 Å². The van der Waals surface area contributed by atoms with Gasteiger partial charge in [0.2, 0.25) is 0 Å². The molecule has 3 saturated carbocycles. The van der Waals surface area contributed by atoms with Crippen molar-refractivity contribution in [1.82, 2.24) is 10.6 Å². The molecule has 0 aliphatic heterocycles. The highest BCUT2D eigenvalue weighted by Crippen LogP contribution is 2.62. The Bertz CT molecular complexity index is 559. The Morgan fingerprint density at radius 2 is 2.16 bits per heavy atom. The van der Waals surface area contributed by atoms with Crippen molar-refractivity contribution in [2.75, 3.05) is 0 Å². The smallest absolute Gasteiger partial charge is 0.315 e. The van der Waals surface area contributed by atoms with Gasteiger partial charge in [-0.2, -0.15) is 0 Å². The summed E-state index contributed by atoms with van der Waals surface area (Å²) in [5, 5.41) is 5.57. The average molecular weight is 259 g/mol. The molecule has 3 aliphatic rings. The van der Waals surface area contributed by atoms with E-state index >= 15 is 0 Å². The van der Waals surface area contributed by atoms with Crippen molar-refractivity contribution >= 4 is 11.7 Å². The molecule has 19 heavy (non-hydrogen) atoms. The maximum absolute atomic E-state index is 13.3. The highest BCUT2D eigenvalue weighted by Gasteiger charge is 2.69. The van der Waals surface area contributed by atoms with Gasteiger partial charge in [-0.25, -0.2) is 14.0 Å². The van der Waals surface area contributed by atoms with E-state index in [1.807, 2.05) is 6.07 Å². The molecule has 4 rings (SSSR count). The van der Waals surface area contributed by atoms with Crippen molar-refractivity contribution in [3.63, 3.8) is 0 Å². The van der Waals surface area contributed by atoms with E-state index in [4.69, 9.17) is 6.57 Å². The van der Waals surface area contributed by atoms with E-state index in [0.717, 1.165) is 5.56 Å². The molecule has 98 valence electrons. The lowest BCUT2D eigenvalue weighted by atomic mass is 9.47. The van der Waals surface area contributed by atoms with E-state index in [0.29, 0.717) is 31.5 Å². The lowest BCUT2D eigenvalue weighted by Crippen LogP contribution is -2.77. The highest BCUT2D eigenvalue weighted by atomic mass is 19.1. The van der Waals surface area contributed by atoms with Crippen molar-refractivity contribution in [3.8, 4) is 0 Å². The Morgan fingerprint density at radius 1 is 1.42 bits per heavy atom. The molecule has 0 unspecified atom stereocenters. The van der Waals surface area contributed by atoms with E-state index in [1.165, 1.54) is 0 Å². The number of nitrogens with zero attached hydrogens (tertiary/aromatic N) is 1. The van der Waals surface area contributed by atoms with Gasteiger partial charge in [-0.05, 0) is 5.56 Å². The SMILES string of the molecule is [C-]#[N+]c1cccc(CNC(=O)NC23CC(F)(C2)C3)c1. The molecule has 1 aromatic carbocycles. The molecular formula is C14H14FN3O. The third-order valence-corrected chi connectivity index (χ3v) is 3.84. The number of rotatable bonds is 3. The van der Waals surface area contributed by atoms with Gasteiger partial charge >= 0.3 is 6.03 Å². The first-order valence-electron chi connectivity index (χ1n) is 6.24. The van der Waals surface area contributed by atoms with Crippen LogP contribution in [0.2, 0.25) is 0 Å². The first kappa shape index (κ1) is 12.0. The molecule has 0 spiro atoms. The molecule has 2 N–H and O–H groups in total. The predicted octanol–water partition coefficient (Wildman–Crippen LogP) is 2.68. The Labute approximate surface area is 110 Å². The summed E-state index contributed by atoms with van der Waals surface area (Å²) in [6.07, 6.45) is 1.34. The first-order chi connectivity index (χ1) is 9.03. The highest BCUT2D eigenvalue weighted by molar-refractivity contribution is 5.75. The minimum absolute atomic E-state index is 0.269. The monoisotopic (exact) mass is 259 g/mol. The number of hydrogen-bond acceptors (Lipinski definition) is 1. The molecule has 0 saturated heterocycles. The van der Waals surface area contributed by atoms with Crippen LogP contribution in [0.5, 0.6) is 0 Å². The zero-order valence-electron chi connectivity index (χ0n) is 10.4. The molecule has 1 aromatic rings. The zero-order chi connectivity index (χ0) is 13.5.